The van der Waals surface area contributed by atoms with Gasteiger partial charge in [0.15, 0.2) is 0 Å². The van der Waals surface area contributed by atoms with Gasteiger partial charge in [0.1, 0.15) is 0 Å². The predicted molar refractivity (Wildman–Crippen MR) is 87.0 cm³/mol. The second-order valence-corrected chi connectivity index (χ2v) is 6.97. The maximum atomic E-state index is 12.3. The molecule has 2 aliphatic rings. The number of rotatable bonds is 4. The molecular weight excluding hydrogens is 296 g/mol. The molecule has 0 spiro atoms. The largest absolute Gasteiger partial charge is 0.372 e. The zero-order valence-corrected chi connectivity index (χ0v) is 14.8. The minimum atomic E-state index is 0.0839. The summed E-state index contributed by atoms with van der Waals surface area (Å²) in [7, 11) is 0. The van der Waals surface area contributed by atoms with Gasteiger partial charge in [0.05, 0.1) is 24.4 Å². The molecule has 0 saturated carbocycles. The fourth-order valence-electron chi connectivity index (χ4n) is 3.47. The lowest BCUT2D eigenvalue weighted by Crippen LogP contribution is -2.48. The summed E-state index contributed by atoms with van der Waals surface area (Å²) in [6, 6.07) is 0. The van der Waals surface area contributed by atoms with Crippen LogP contribution in [0.25, 0.3) is 0 Å². The Morgan fingerprint density at radius 1 is 0.739 bits per heavy atom. The monoisotopic (exact) mass is 326 g/mol. The Morgan fingerprint density at radius 3 is 1.35 bits per heavy atom. The number of hydrogen-bond acceptors (Lipinski definition) is 4. The van der Waals surface area contributed by atoms with E-state index in [0.717, 1.165) is 0 Å². The van der Waals surface area contributed by atoms with Gasteiger partial charge in [0.25, 0.3) is 0 Å². The van der Waals surface area contributed by atoms with E-state index in [-0.39, 0.29) is 36.2 Å². The molecule has 0 bridgehead atoms. The molecule has 0 N–H and O–H groups in total. The maximum absolute atomic E-state index is 12.3. The molecule has 0 aromatic heterocycles. The highest BCUT2D eigenvalue weighted by Gasteiger charge is 2.27. The molecule has 0 aromatic rings. The average Bonchev–Trinajstić information content (AvgIpc) is 2.44. The first kappa shape index (κ1) is 18.2. The van der Waals surface area contributed by atoms with Gasteiger partial charge in [-0.1, -0.05) is 0 Å². The molecule has 0 aromatic carbocycles. The standard InChI is InChI=1S/C17H30N2O4/c1-12-8-18(9-13(2)22-12)16(20)6-5-7-17(21)19-10-14(3)23-15(4)11-19/h12-15H,5-11H2,1-4H3. The van der Waals surface area contributed by atoms with Gasteiger partial charge in [-0.15, -0.1) is 0 Å². The summed E-state index contributed by atoms with van der Waals surface area (Å²) in [6.07, 6.45) is 1.81. The normalized spacial score (nSPS) is 32.0. The van der Waals surface area contributed by atoms with E-state index in [9.17, 15) is 9.59 Å². The zero-order chi connectivity index (χ0) is 17.0. The van der Waals surface area contributed by atoms with Gasteiger partial charge in [-0.25, -0.2) is 0 Å². The highest BCUT2D eigenvalue weighted by molar-refractivity contribution is 5.79. The third kappa shape index (κ3) is 5.46. The van der Waals surface area contributed by atoms with E-state index in [1.165, 1.54) is 0 Å². The van der Waals surface area contributed by atoms with Crippen LogP contribution in [0.1, 0.15) is 47.0 Å². The van der Waals surface area contributed by atoms with Gasteiger partial charge in [0.2, 0.25) is 11.8 Å². The molecule has 2 saturated heterocycles. The first-order valence-electron chi connectivity index (χ1n) is 8.71. The molecular formula is C17H30N2O4. The van der Waals surface area contributed by atoms with Crippen LogP contribution in [0.5, 0.6) is 0 Å². The Hall–Kier alpha value is -1.14. The van der Waals surface area contributed by atoms with E-state index in [1.54, 1.807) is 0 Å². The smallest absolute Gasteiger partial charge is 0.222 e. The molecule has 6 heteroatoms. The van der Waals surface area contributed by atoms with Gasteiger partial charge in [-0.2, -0.15) is 0 Å². The third-order valence-electron chi connectivity index (χ3n) is 4.33. The van der Waals surface area contributed by atoms with Crippen LogP contribution in [0.3, 0.4) is 0 Å². The van der Waals surface area contributed by atoms with E-state index in [1.807, 2.05) is 37.5 Å². The molecule has 0 radical (unpaired) electrons. The Balaban J connectivity index is 1.71. The van der Waals surface area contributed by atoms with E-state index < -0.39 is 0 Å². The minimum Gasteiger partial charge on any atom is -0.372 e. The van der Waals surface area contributed by atoms with Gasteiger partial charge >= 0.3 is 0 Å². The number of amides is 2. The van der Waals surface area contributed by atoms with Crippen molar-refractivity contribution in [2.45, 2.75) is 71.4 Å². The summed E-state index contributed by atoms with van der Waals surface area (Å²) >= 11 is 0. The second kappa shape index (κ2) is 8.11. The fourth-order valence-corrected chi connectivity index (χ4v) is 3.47. The molecule has 4 atom stereocenters. The van der Waals surface area contributed by atoms with Crippen molar-refractivity contribution in [3.8, 4) is 0 Å². The Labute approximate surface area is 139 Å². The van der Waals surface area contributed by atoms with E-state index >= 15 is 0 Å². The number of hydrogen-bond donors (Lipinski definition) is 0. The van der Waals surface area contributed by atoms with Crippen LogP contribution < -0.4 is 0 Å². The Morgan fingerprint density at radius 2 is 1.04 bits per heavy atom. The van der Waals surface area contributed by atoms with Gasteiger partial charge in [-0.05, 0) is 34.1 Å². The van der Waals surface area contributed by atoms with Crippen LogP contribution in [0, 0.1) is 0 Å². The van der Waals surface area contributed by atoms with Crippen molar-refractivity contribution in [3.05, 3.63) is 0 Å². The molecule has 2 heterocycles. The lowest BCUT2D eigenvalue weighted by atomic mass is 10.1. The summed E-state index contributed by atoms with van der Waals surface area (Å²) in [5, 5.41) is 0. The highest BCUT2D eigenvalue weighted by atomic mass is 16.5. The summed E-state index contributed by atoms with van der Waals surface area (Å²) in [4.78, 5) is 28.3. The van der Waals surface area contributed by atoms with Crippen molar-refractivity contribution in [1.82, 2.24) is 9.80 Å². The number of nitrogens with zero attached hydrogens (tertiary/aromatic N) is 2. The molecule has 2 amide bonds. The van der Waals surface area contributed by atoms with Gasteiger partial charge < -0.3 is 19.3 Å². The van der Waals surface area contributed by atoms with Gasteiger partial charge in [-0.3, -0.25) is 9.59 Å². The molecule has 23 heavy (non-hydrogen) atoms. The quantitative estimate of drug-likeness (QED) is 0.784. The van der Waals surface area contributed by atoms with E-state index in [2.05, 4.69) is 0 Å². The first-order chi connectivity index (χ1) is 10.8. The Bertz CT molecular complexity index is 371. The Kier molecular flexibility index (Phi) is 6.41. The van der Waals surface area contributed by atoms with Gasteiger partial charge in [0, 0.05) is 39.0 Å². The second-order valence-electron chi connectivity index (χ2n) is 6.97. The highest BCUT2D eigenvalue weighted by Crippen LogP contribution is 2.15. The minimum absolute atomic E-state index is 0.0839. The van der Waals surface area contributed by atoms with Crippen LogP contribution in [-0.2, 0) is 19.1 Å². The number of carbonyl (C=O) groups excluding carboxylic acids is 2. The fraction of sp³-hybridized carbons (Fsp3) is 0.882. The molecule has 2 aliphatic heterocycles. The maximum Gasteiger partial charge on any atom is 0.222 e. The lowest BCUT2D eigenvalue weighted by Gasteiger charge is -2.36. The predicted octanol–water partition coefficient (Wildman–Crippen LogP) is 1.43. The SMILES string of the molecule is CC1CN(C(=O)CCCC(=O)N2CC(C)OC(C)C2)CC(C)O1. The molecule has 6 nitrogen and oxygen atoms in total. The van der Waals surface area contributed by atoms with Crippen molar-refractivity contribution < 1.29 is 19.1 Å². The van der Waals surface area contributed by atoms with Crippen LogP contribution in [0.15, 0.2) is 0 Å². The van der Waals surface area contributed by atoms with Crippen molar-refractivity contribution >= 4 is 11.8 Å². The lowest BCUT2D eigenvalue weighted by molar-refractivity contribution is -0.145. The summed E-state index contributed by atoms with van der Waals surface area (Å²) in [6.45, 7) is 10.5. The summed E-state index contributed by atoms with van der Waals surface area (Å²) in [5.41, 5.74) is 0. The molecule has 2 fully saturated rings. The summed E-state index contributed by atoms with van der Waals surface area (Å²) in [5.74, 6) is 0.257. The number of ether oxygens (including phenoxy) is 2. The van der Waals surface area contributed by atoms with E-state index in [0.29, 0.717) is 45.4 Å². The molecule has 4 unspecified atom stereocenters. The summed E-state index contributed by atoms with van der Waals surface area (Å²) < 4.78 is 11.3. The van der Waals surface area contributed by atoms with Crippen LogP contribution in [-0.4, -0.2) is 72.2 Å². The van der Waals surface area contributed by atoms with Crippen LogP contribution >= 0.6 is 0 Å². The van der Waals surface area contributed by atoms with Crippen molar-refractivity contribution in [2.75, 3.05) is 26.2 Å². The van der Waals surface area contributed by atoms with Crippen molar-refractivity contribution in [3.63, 3.8) is 0 Å². The number of morpholine rings is 2. The topological polar surface area (TPSA) is 59.1 Å². The van der Waals surface area contributed by atoms with Crippen molar-refractivity contribution in [2.24, 2.45) is 0 Å². The molecule has 132 valence electrons. The zero-order valence-electron chi connectivity index (χ0n) is 14.8. The van der Waals surface area contributed by atoms with Crippen LogP contribution in [0.4, 0.5) is 0 Å². The molecule has 2 rings (SSSR count). The molecule has 0 aliphatic carbocycles. The van der Waals surface area contributed by atoms with E-state index in [4.69, 9.17) is 9.47 Å². The van der Waals surface area contributed by atoms with Crippen molar-refractivity contribution in [1.29, 1.82) is 0 Å². The average molecular weight is 326 g/mol. The first-order valence-corrected chi connectivity index (χ1v) is 8.71. The third-order valence-corrected chi connectivity index (χ3v) is 4.33. The van der Waals surface area contributed by atoms with Crippen LogP contribution in [0.2, 0.25) is 0 Å². The number of carbonyl (C=O) groups is 2.